The molecule has 4 heterocycles. The quantitative estimate of drug-likeness (QED) is 0.313. The van der Waals surface area contributed by atoms with Crippen LogP contribution in [-0.2, 0) is 21.8 Å². The number of nitrogens with zero attached hydrogens (tertiary/aromatic N) is 6. The Balaban J connectivity index is 1.41. The van der Waals surface area contributed by atoms with Gasteiger partial charge in [0.2, 0.25) is 0 Å². The lowest BCUT2D eigenvalue weighted by Crippen LogP contribution is -2.42. The molecule has 0 bridgehead atoms. The fourth-order valence-electron chi connectivity index (χ4n) is 5.01. The fourth-order valence-corrected chi connectivity index (χ4v) is 5.57. The average Bonchev–Trinajstić information content (AvgIpc) is 3.55. The van der Waals surface area contributed by atoms with E-state index in [1.165, 1.54) is 6.07 Å². The van der Waals surface area contributed by atoms with Crippen molar-refractivity contribution in [2.45, 2.75) is 51.0 Å². The number of fused-ring (bicyclic) bond motifs is 1. The Morgan fingerprint density at radius 2 is 1.86 bits per heavy atom. The second-order valence-corrected chi connectivity index (χ2v) is 12.9. The van der Waals surface area contributed by atoms with Crippen molar-refractivity contribution in [3.8, 4) is 22.4 Å². The van der Waals surface area contributed by atoms with E-state index in [1.807, 2.05) is 31.6 Å². The minimum absolute atomic E-state index is 0.0655. The van der Waals surface area contributed by atoms with Crippen LogP contribution in [0, 0.1) is 5.82 Å². The lowest BCUT2D eigenvalue weighted by molar-refractivity contribution is 0.0184. The summed E-state index contributed by atoms with van der Waals surface area (Å²) in [6.07, 6.45) is 6.23. The summed E-state index contributed by atoms with van der Waals surface area (Å²) in [7, 11) is -3.36. The number of alkyl halides is 2. The van der Waals surface area contributed by atoms with Crippen LogP contribution in [0.1, 0.15) is 39.7 Å². The first-order chi connectivity index (χ1) is 20.1. The topological polar surface area (TPSA) is 150 Å². The lowest BCUT2D eigenvalue weighted by Gasteiger charge is -2.33. The summed E-state index contributed by atoms with van der Waals surface area (Å²) < 4.78 is 73.7. The normalized spacial score (nSPS) is 14.9. The number of amides is 1. The van der Waals surface area contributed by atoms with Gasteiger partial charge >= 0.3 is 11.9 Å². The average molecular weight is 621 g/mol. The molecule has 0 saturated carbocycles. The summed E-state index contributed by atoms with van der Waals surface area (Å²) in [5.74, 6) is -4.65. The maximum Gasteiger partial charge on any atom is 0.410 e. The highest BCUT2D eigenvalue weighted by Crippen LogP contribution is 2.38. The fraction of sp³-hybridized carbons (Fsp3) is 0.407. The molecule has 0 aliphatic carbocycles. The minimum atomic E-state index is -5.05. The Morgan fingerprint density at radius 1 is 1.16 bits per heavy atom. The number of pyridine rings is 1. The third-order valence-electron chi connectivity index (χ3n) is 7.02. The van der Waals surface area contributed by atoms with E-state index in [-0.39, 0.29) is 29.2 Å². The molecule has 0 atom stereocenters. The summed E-state index contributed by atoms with van der Waals surface area (Å²) in [5, 5.41) is 9.52. The minimum Gasteiger partial charge on any atom is -0.444 e. The zero-order valence-corrected chi connectivity index (χ0v) is 24.7. The van der Waals surface area contributed by atoms with Gasteiger partial charge in [0.1, 0.15) is 22.9 Å². The first-order valence-electron chi connectivity index (χ1n) is 13.4. The number of anilines is 2. The number of nitrogen functional groups attached to an aromatic ring is 1. The van der Waals surface area contributed by atoms with Crippen LogP contribution in [0.5, 0.6) is 0 Å². The Labute approximate surface area is 245 Å². The van der Waals surface area contributed by atoms with Crippen molar-refractivity contribution < 1.29 is 31.1 Å². The second-order valence-electron chi connectivity index (χ2n) is 11.3. The van der Waals surface area contributed by atoms with Crippen LogP contribution in [0.3, 0.4) is 0 Å². The number of likely N-dealkylation sites (tertiary alicyclic amines) is 1. The number of carbonyl (C=O) groups is 1. The van der Waals surface area contributed by atoms with Gasteiger partial charge < -0.3 is 15.4 Å². The first kappa shape index (κ1) is 30.1. The van der Waals surface area contributed by atoms with Crippen molar-refractivity contribution in [2.75, 3.05) is 23.5 Å². The van der Waals surface area contributed by atoms with Gasteiger partial charge in [-0.25, -0.2) is 22.6 Å². The van der Waals surface area contributed by atoms with Gasteiger partial charge in [-0.2, -0.15) is 19.0 Å². The summed E-state index contributed by atoms with van der Waals surface area (Å²) >= 11 is 0. The first-order valence-corrected chi connectivity index (χ1v) is 14.9. The summed E-state index contributed by atoms with van der Waals surface area (Å²) in [5.41, 5.74) is 7.57. The van der Waals surface area contributed by atoms with Crippen molar-refractivity contribution in [1.82, 2.24) is 29.4 Å². The van der Waals surface area contributed by atoms with E-state index in [9.17, 15) is 26.4 Å². The van der Waals surface area contributed by atoms with Crippen molar-refractivity contribution >= 4 is 38.5 Å². The van der Waals surface area contributed by atoms with Gasteiger partial charge in [-0.3, -0.25) is 14.1 Å². The van der Waals surface area contributed by atoms with E-state index in [1.54, 1.807) is 33.7 Å². The Bertz CT molecular complexity index is 1790. The van der Waals surface area contributed by atoms with E-state index in [2.05, 4.69) is 15.2 Å². The number of sulfonamides is 1. The number of hydrogen-bond acceptors (Lipinski definition) is 8. The number of ether oxygens (including phenoxy) is 1. The van der Waals surface area contributed by atoms with Gasteiger partial charge in [-0.1, -0.05) is 6.07 Å². The molecule has 16 heteroatoms. The molecule has 5 rings (SSSR count). The highest BCUT2D eigenvalue weighted by atomic mass is 32.2. The summed E-state index contributed by atoms with van der Waals surface area (Å²) in [4.78, 5) is 18.5. The van der Waals surface area contributed by atoms with Crippen molar-refractivity contribution in [1.29, 1.82) is 0 Å². The maximum absolute atomic E-state index is 14.8. The van der Waals surface area contributed by atoms with Gasteiger partial charge in [-0.15, -0.1) is 0 Å². The molecule has 0 unspecified atom stereocenters. The molecule has 3 N–H and O–H groups in total. The van der Waals surface area contributed by atoms with Crippen molar-refractivity contribution in [2.24, 2.45) is 7.05 Å². The van der Waals surface area contributed by atoms with Crippen molar-refractivity contribution in [3.05, 3.63) is 42.6 Å². The Hall–Kier alpha value is -4.34. The SMILES string of the molecule is Cn1nc(-c2ccc(NS(=O)(=O)C(F)F)c(F)c2)c2c(N)ncc(-c3cnn(C4CCN(C(=O)OC(C)(C)C)CC4)c3)c21. The molecule has 1 fully saturated rings. The Morgan fingerprint density at radius 3 is 2.49 bits per heavy atom. The molecule has 1 aliphatic rings. The molecule has 1 amide bonds. The number of aryl methyl sites for hydroxylation is 1. The van der Waals surface area contributed by atoms with E-state index in [0.29, 0.717) is 42.4 Å². The number of hydrogen-bond donors (Lipinski definition) is 2. The predicted octanol–water partition coefficient (Wildman–Crippen LogP) is 4.76. The second kappa shape index (κ2) is 11.1. The molecule has 1 aromatic carbocycles. The molecule has 43 heavy (non-hydrogen) atoms. The molecule has 1 aliphatic heterocycles. The zero-order valence-electron chi connectivity index (χ0n) is 23.9. The molecule has 230 valence electrons. The number of benzene rings is 1. The van der Waals surface area contributed by atoms with Crippen LogP contribution < -0.4 is 10.5 Å². The molecule has 1 saturated heterocycles. The molecular formula is C27H31F3N8O4S. The van der Waals surface area contributed by atoms with Gasteiger partial charge in [0.15, 0.2) is 0 Å². The Kier molecular flexibility index (Phi) is 7.75. The number of nitrogens with one attached hydrogen (secondary N) is 1. The molecule has 0 radical (unpaired) electrons. The molecule has 12 nitrogen and oxygen atoms in total. The number of piperidine rings is 1. The van der Waals surface area contributed by atoms with E-state index >= 15 is 0 Å². The predicted molar refractivity (Wildman–Crippen MR) is 154 cm³/mol. The number of halogens is 3. The van der Waals surface area contributed by atoms with Gasteiger partial charge in [0.05, 0.1) is 28.8 Å². The molecule has 3 aromatic heterocycles. The van der Waals surface area contributed by atoms with Crippen LogP contribution in [0.4, 0.5) is 29.5 Å². The molecule has 4 aromatic rings. The lowest BCUT2D eigenvalue weighted by atomic mass is 10.0. The van der Waals surface area contributed by atoms with Gasteiger partial charge in [-0.05, 0) is 45.7 Å². The zero-order chi connectivity index (χ0) is 31.3. The van der Waals surface area contributed by atoms with Crippen molar-refractivity contribution in [3.63, 3.8) is 0 Å². The number of nitrogens with two attached hydrogens (primary N) is 1. The van der Waals surface area contributed by atoms with Crippen LogP contribution in [0.25, 0.3) is 33.3 Å². The van der Waals surface area contributed by atoms with Crippen LogP contribution >= 0.6 is 0 Å². The third-order valence-corrected chi connectivity index (χ3v) is 8.00. The number of carbonyl (C=O) groups excluding carboxylic acids is 1. The van der Waals surface area contributed by atoms with Crippen LogP contribution in [-0.4, -0.2) is 68.4 Å². The van der Waals surface area contributed by atoms with E-state index < -0.39 is 32.9 Å². The van der Waals surface area contributed by atoms with Gasteiger partial charge in [0, 0.05) is 49.2 Å². The monoisotopic (exact) mass is 620 g/mol. The number of rotatable bonds is 6. The smallest absolute Gasteiger partial charge is 0.410 e. The van der Waals surface area contributed by atoms with Crippen LogP contribution in [0.2, 0.25) is 0 Å². The van der Waals surface area contributed by atoms with E-state index in [4.69, 9.17) is 10.5 Å². The largest absolute Gasteiger partial charge is 0.444 e. The molecular weight excluding hydrogens is 589 g/mol. The third kappa shape index (κ3) is 6.09. The standard InChI is InChI=1S/C27H31F3N8O4S/c1-27(2,3)42-26(39)37-9-7-17(8-10-37)38-14-16(12-33-38)18-13-32-24(31)21-22(34-36(4)23(18)21)15-5-6-20(19(28)11-15)35-43(40,41)25(29)30/h5-6,11-14,17,25,35H,7-10H2,1-4H3,(H2,31,32). The van der Waals surface area contributed by atoms with Gasteiger partial charge in [0.25, 0.3) is 10.0 Å². The molecule has 0 spiro atoms. The maximum atomic E-state index is 14.8. The highest BCUT2D eigenvalue weighted by Gasteiger charge is 2.29. The summed E-state index contributed by atoms with van der Waals surface area (Å²) in [6.45, 7) is 6.56. The van der Waals surface area contributed by atoms with E-state index in [0.717, 1.165) is 17.7 Å². The van der Waals surface area contributed by atoms with Crippen LogP contribution in [0.15, 0.2) is 36.8 Å². The highest BCUT2D eigenvalue weighted by molar-refractivity contribution is 7.93. The summed E-state index contributed by atoms with van der Waals surface area (Å²) in [6, 6.07) is 3.44. The number of aromatic nitrogens is 5.